The minimum absolute atomic E-state index is 0.678. The van der Waals surface area contributed by atoms with Crippen LogP contribution in [0.15, 0.2) is 92.6 Å². The van der Waals surface area contributed by atoms with E-state index in [4.69, 9.17) is 40.4 Å². The number of aryl methyl sites for hydroxylation is 4. The molecule has 2 aliphatic heterocycles. The van der Waals surface area contributed by atoms with Crippen molar-refractivity contribution in [3.8, 4) is 23.0 Å². The van der Waals surface area contributed by atoms with E-state index in [1.807, 2.05) is 24.3 Å². The molecule has 6 N–H and O–H groups in total. The predicted molar refractivity (Wildman–Crippen MR) is 284 cm³/mol. The largest absolute Gasteiger partial charge is 0.493 e. The fourth-order valence-corrected chi connectivity index (χ4v) is 11.2. The summed E-state index contributed by atoms with van der Waals surface area (Å²) < 4.78 is 27.2. The van der Waals surface area contributed by atoms with Gasteiger partial charge in [-0.25, -0.2) is 9.13 Å². The first kappa shape index (κ1) is 49.9. The molecule has 14 nitrogen and oxygen atoms in total. The number of nitrogens with zero attached hydrogens (tertiary/aromatic N) is 6. The van der Waals surface area contributed by atoms with Crippen molar-refractivity contribution < 1.29 is 38.1 Å². The second-order valence-corrected chi connectivity index (χ2v) is 19.8. The molecule has 4 heterocycles. The first-order valence-electron chi connectivity index (χ1n) is 24.1. The summed E-state index contributed by atoms with van der Waals surface area (Å²) in [5, 5.41) is 4.26. The Morgan fingerprint density at radius 3 is 1.34 bits per heavy atom. The molecule has 0 saturated heterocycles. The Kier molecular flexibility index (Phi) is 16.3. The van der Waals surface area contributed by atoms with Crippen LogP contribution in [-0.4, -0.2) is 77.3 Å². The summed E-state index contributed by atoms with van der Waals surface area (Å²) in [4.78, 5) is 24.3. The second-order valence-electron chi connectivity index (χ2n) is 17.6. The summed E-state index contributed by atoms with van der Waals surface area (Å²) >= 11 is 3.52. The molecule has 0 amide bonds. The van der Waals surface area contributed by atoms with E-state index in [2.05, 4.69) is 118 Å². The molecule has 4 aromatic carbocycles. The molecule has 0 bridgehead atoms. The molecule has 2 aromatic heterocycles. The number of methoxy groups -OCH3 is 4. The lowest BCUT2D eigenvalue weighted by Gasteiger charge is -2.14. The predicted octanol–water partition coefficient (Wildman–Crippen LogP) is 5.33. The number of hydrogen-bond donors (Lipinski definition) is 4. The third-order valence-electron chi connectivity index (χ3n) is 13.1. The van der Waals surface area contributed by atoms with Crippen molar-refractivity contribution in [1.82, 2.24) is 9.97 Å². The number of ether oxygens (including phenoxy) is 4. The zero-order valence-electron chi connectivity index (χ0n) is 41.9. The standard InChI is InChI=1S/C54H66N10O4S2/c1-61-41-33-45(67-7)43(65-5)29-35(41)37(31-53-63(3)39-19-9-11-21-47(39)69-53)59-51(61)25-15-17-27-57-49(55)23-13-14-24-50(56)58-28-18-16-26-52-60-38(32-54-64(4)40-20-10-12-22-48(40)70-54)36-30-44(66-6)46(68-8)34-42(36)62(52)2/h9-12,19-22,29-34H,13-18,23-28H2,1-8H3,(H2,55,57)(H2,56,58)/q+2/p+2. The Morgan fingerprint density at radius 1 is 0.571 bits per heavy atom. The van der Waals surface area contributed by atoms with E-state index in [0.29, 0.717) is 23.0 Å². The van der Waals surface area contributed by atoms with Crippen LogP contribution in [0.25, 0.3) is 34.0 Å². The number of para-hydroxylation sites is 2. The first-order valence-corrected chi connectivity index (χ1v) is 25.7. The van der Waals surface area contributed by atoms with Crippen LogP contribution < -0.4 is 59.3 Å². The number of thioether (sulfide) groups is 2. The van der Waals surface area contributed by atoms with Crippen molar-refractivity contribution >= 4 is 80.5 Å². The zero-order valence-corrected chi connectivity index (χ0v) is 43.5. The highest BCUT2D eigenvalue weighted by molar-refractivity contribution is 8.04. The number of nitrogens with one attached hydrogen (secondary N) is 2. The van der Waals surface area contributed by atoms with Crippen molar-refractivity contribution in [2.75, 3.05) is 65.4 Å². The molecule has 0 unspecified atom stereocenters. The topological polar surface area (TPSA) is 157 Å². The van der Waals surface area contributed by atoms with E-state index >= 15 is 0 Å². The molecule has 6 aromatic rings. The third-order valence-corrected chi connectivity index (χ3v) is 15.4. The summed E-state index contributed by atoms with van der Waals surface area (Å²) in [6.07, 6.45) is 13.4. The van der Waals surface area contributed by atoms with Gasteiger partial charge in [-0.15, -0.1) is 0 Å². The zero-order chi connectivity index (χ0) is 49.3. The summed E-state index contributed by atoms with van der Waals surface area (Å²) in [6.45, 7) is 1.61. The van der Waals surface area contributed by atoms with Gasteiger partial charge < -0.3 is 28.7 Å². The number of fused-ring (bicyclic) bond motifs is 4. The smallest absolute Gasteiger partial charge is 0.299 e. The molecule has 0 spiro atoms. The van der Waals surface area contributed by atoms with Gasteiger partial charge in [-0.05, 0) is 84.9 Å². The molecule has 0 fully saturated rings. The Labute approximate surface area is 420 Å². The van der Waals surface area contributed by atoms with Gasteiger partial charge in [-0.1, -0.05) is 47.8 Å². The number of anilines is 2. The summed E-state index contributed by atoms with van der Waals surface area (Å²) in [6, 6.07) is 25.1. The maximum absolute atomic E-state index is 6.44. The van der Waals surface area contributed by atoms with Crippen LogP contribution in [0.4, 0.5) is 11.4 Å². The van der Waals surface area contributed by atoms with Crippen LogP contribution in [0.2, 0.25) is 0 Å². The quantitative estimate of drug-likeness (QED) is 0.0319. The Balaban J connectivity index is 0.806. The molecule has 0 radical (unpaired) electrons. The lowest BCUT2D eigenvalue weighted by molar-refractivity contribution is -0.656. The Bertz CT molecular complexity index is 2810. The molecule has 70 heavy (non-hydrogen) atoms. The van der Waals surface area contributed by atoms with Gasteiger partial charge >= 0.3 is 0 Å². The van der Waals surface area contributed by atoms with E-state index in [1.54, 1.807) is 52.0 Å². The summed E-state index contributed by atoms with van der Waals surface area (Å²) in [7, 11) is 15.0. The minimum Gasteiger partial charge on any atom is -0.493 e. The molecular formula is C54H68N10O4S2+4. The number of hydrogen-bond acceptors (Lipinski definition) is 10. The highest BCUT2D eigenvalue weighted by Gasteiger charge is 2.28. The molecular weight excluding hydrogens is 917 g/mol. The van der Waals surface area contributed by atoms with E-state index in [1.165, 1.54) is 21.2 Å². The number of unbranched alkanes of at least 4 members (excludes halogenated alkanes) is 3. The number of aromatic nitrogens is 4. The summed E-state index contributed by atoms with van der Waals surface area (Å²) in [5.74, 6) is 6.40. The summed E-state index contributed by atoms with van der Waals surface area (Å²) in [5.41, 5.74) is 19.2. The van der Waals surface area contributed by atoms with Crippen molar-refractivity contribution in [2.45, 2.75) is 74.0 Å². The van der Waals surface area contributed by atoms with Crippen LogP contribution in [0.1, 0.15) is 74.4 Å². The monoisotopic (exact) mass is 984 g/mol. The van der Waals surface area contributed by atoms with E-state index in [-0.39, 0.29) is 0 Å². The van der Waals surface area contributed by atoms with Crippen molar-refractivity contribution in [2.24, 2.45) is 25.6 Å². The highest BCUT2D eigenvalue weighted by Crippen LogP contribution is 2.47. The molecule has 0 saturated carbocycles. The van der Waals surface area contributed by atoms with Crippen molar-refractivity contribution in [3.05, 3.63) is 106 Å². The van der Waals surface area contributed by atoms with Gasteiger partial charge in [0, 0.05) is 61.0 Å². The van der Waals surface area contributed by atoms with Gasteiger partial charge in [-0.2, -0.15) is 0 Å². The Hall–Kier alpha value is -6.52. The van der Waals surface area contributed by atoms with Crippen LogP contribution in [-0.2, 0) is 26.9 Å². The van der Waals surface area contributed by atoms with Gasteiger partial charge in [0.15, 0.2) is 34.4 Å². The first-order chi connectivity index (χ1) is 34.0. The number of benzene rings is 4. The van der Waals surface area contributed by atoms with Gasteiger partial charge in [0.05, 0.1) is 101 Å². The van der Waals surface area contributed by atoms with Crippen molar-refractivity contribution in [1.29, 1.82) is 0 Å². The van der Waals surface area contributed by atoms with Gasteiger partial charge in [0.1, 0.15) is 11.0 Å². The fraction of sp³-hybridized carbons (Fsp3) is 0.370. The van der Waals surface area contributed by atoms with Crippen LogP contribution >= 0.6 is 23.5 Å². The maximum atomic E-state index is 6.44. The normalized spacial score (nSPS) is 14.9. The molecule has 2 aliphatic rings. The molecule has 16 heteroatoms. The van der Waals surface area contributed by atoms with E-state index < -0.39 is 0 Å². The Morgan fingerprint density at radius 2 is 0.957 bits per heavy atom. The molecule has 8 rings (SSSR count). The molecule has 0 atom stereocenters. The molecule has 366 valence electrons. The SMILES string of the molecule is COc1cc2c(C=C3Sc4ccccc4N3C)nc(CCCC[NH+]=C(N)CCCCC(N)=[NH+]CCCCc3nc(C=C4Sc5ccccc5N4C)c4cc(OC)c(OC)cc4[n+]3C)[n+](C)c2cc1OC. The highest BCUT2D eigenvalue weighted by atomic mass is 32.2. The van der Waals surface area contributed by atoms with Gasteiger partial charge in [0.2, 0.25) is 11.7 Å². The van der Waals surface area contributed by atoms with E-state index in [0.717, 1.165) is 144 Å². The minimum atomic E-state index is 0.678. The number of nitrogens with two attached hydrogens (primary N) is 2. The average molecular weight is 985 g/mol. The number of amidine groups is 2. The van der Waals surface area contributed by atoms with E-state index in [9.17, 15) is 0 Å². The van der Waals surface area contributed by atoms with Crippen molar-refractivity contribution in [3.63, 3.8) is 0 Å². The lowest BCUT2D eigenvalue weighted by atomic mass is 10.1. The van der Waals surface area contributed by atoms with Crippen LogP contribution in [0.3, 0.4) is 0 Å². The van der Waals surface area contributed by atoms with Crippen LogP contribution in [0, 0.1) is 0 Å². The number of rotatable bonds is 21. The van der Waals surface area contributed by atoms with Gasteiger partial charge in [0.25, 0.3) is 11.6 Å². The second kappa shape index (κ2) is 22.9. The van der Waals surface area contributed by atoms with Gasteiger partial charge in [-0.3, -0.25) is 21.5 Å². The fourth-order valence-electron chi connectivity index (χ4n) is 9.04. The van der Waals surface area contributed by atoms with Crippen LogP contribution in [0.5, 0.6) is 23.0 Å². The maximum Gasteiger partial charge on any atom is 0.299 e. The molecule has 0 aliphatic carbocycles. The average Bonchev–Trinajstić information content (AvgIpc) is 3.87. The lowest BCUT2D eigenvalue weighted by Crippen LogP contribution is -2.75. The third kappa shape index (κ3) is 11.1.